The van der Waals surface area contributed by atoms with E-state index in [0.717, 1.165) is 36.5 Å². The average molecular weight is 468 g/mol. The highest BCUT2D eigenvalue weighted by molar-refractivity contribution is 5.69. The molecule has 0 bridgehead atoms. The van der Waals surface area contributed by atoms with Gasteiger partial charge in [-0.2, -0.15) is 0 Å². The molecule has 0 aromatic heterocycles. The Bertz CT molecular complexity index is 1140. The Hall–Kier alpha value is -3.55. The summed E-state index contributed by atoms with van der Waals surface area (Å²) in [5.41, 5.74) is 4.83. The van der Waals surface area contributed by atoms with E-state index in [1.54, 1.807) is 6.92 Å². The second-order valence-electron chi connectivity index (χ2n) is 9.18. The van der Waals surface area contributed by atoms with Gasteiger partial charge in [0.15, 0.2) is 0 Å². The van der Waals surface area contributed by atoms with Crippen molar-refractivity contribution < 1.29 is 14.6 Å². The Labute approximate surface area is 208 Å². The monoisotopic (exact) mass is 467 g/mol. The van der Waals surface area contributed by atoms with E-state index < -0.39 is 5.97 Å². The van der Waals surface area contributed by atoms with Crippen LogP contribution >= 0.6 is 0 Å². The van der Waals surface area contributed by atoms with Crippen LogP contribution in [0.2, 0.25) is 0 Å². The lowest BCUT2D eigenvalue weighted by Gasteiger charge is -2.32. The van der Waals surface area contributed by atoms with Crippen molar-refractivity contribution in [3.8, 4) is 17.6 Å². The van der Waals surface area contributed by atoms with Crippen LogP contribution in [0, 0.1) is 11.8 Å². The van der Waals surface area contributed by atoms with Crippen molar-refractivity contribution in [3.63, 3.8) is 0 Å². The van der Waals surface area contributed by atoms with Crippen LogP contribution in [0.15, 0.2) is 78.9 Å². The van der Waals surface area contributed by atoms with E-state index in [0.29, 0.717) is 12.5 Å². The van der Waals surface area contributed by atoms with Crippen molar-refractivity contribution >= 4 is 5.97 Å². The summed E-state index contributed by atoms with van der Waals surface area (Å²) in [6.07, 6.45) is 2.44. The van der Waals surface area contributed by atoms with Crippen LogP contribution in [0.4, 0.5) is 0 Å². The molecular weight excluding hydrogens is 434 g/mol. The molecule has 1 fully saturated rings. The van der Waals surface area contributed by atoms with Crippen molar-refractivity contribution in [2.45, 2.75) is 51.2 Å². The largest absolute Gasteiger partial charge is 0.489 e. The standard InChI is InChI=1S/C31H33NO3/c1-2-6-29(21-31(33)34)27-13-15-30(16-14-27)35-23-25-11-9-24(10-12-25)22-32-19-17-28(18-20-32)26-7-4-3-5-8-26/h3-5,7-16,28-29H,17-23H2,1H3,(H,33,34). The molecule has 0 aliphatic carbocycles. The van der Waals surface area contributed by atoms with Crippen LogP contribution in [0.1, 0.15) is 60.3 Å². The zero-order valence-corrected chi connectivity index (χ0v) is 20.3. The molecule has 1 saturated heterocycles. The number of piperidine rings is 1. The highest BCUT2D eigenvalue weighted by Gasteiger charge is 2.20. The molecule has 1 aliphatic heterocycles. The van der Waals surface area contributed by atoms with Gasteiger partial charge in [-0.3, -0.25) is 9.69 Å². The van der Waals surface area contributed by atoms with E-state index in [1.807, 2.05) is 24.3 Å². The van der Waals surface area contributed by atoms with E-state index in [9.17, 15) is 4.79 Å². The quantitative estimate of drug-likeness (QED) is 0.379. The number of carboxylic acids is 1. The molecule has 1 atom stereocenters. The summed E-state index contributed by atoms with van der Waals surface area (Å²) in [6, 6.07) is 27.1. The number of carboxylic acid groups (broad SMARTS) is 1. The molecular formula is C31H33NO3. The van der Waals surface area contributed by atoms with E-state index in [1.165, 1.54) is 24.0 Å². The minimum Gasteiger partial charge on any atom is -0.489 e. The van der Waals surface area contributed by atoms with Gasteiger partial charge in [0.2, 0.25) is 0 Å². The second kappa shape index (κ2) is 12.2. The topological polar surface area (TPSA) is 49.8 Å². The van der Waals surface area contributed by atoms with Gasteiger partial charge in [0.25, 0.3) is 0 Å². The van der Waals surface area contributed by atoms with Gasteiger partial charge in [-0.1, -0.05) is 72.7 Å². The molecule has 1 aliphatic rings. The molecule has 0 saturated carbocycles. The third-order valence-electron chi connectivity index (χ3n) is 6.67. The number of carbonyl (C=O) groups is 1. The van der Waals surface area contributed by atoms with Crippen molar-refractivity contribution in [1.29, 1.82) is 0 Å². The van der Waals surface area contributed by atoms with E-state index in [-0.39, 0.29) is 12.3 Å². The average Bonchev–Trinajstić information content (AvgIpc) is 2.89. The number of ether oxygens (including phenoxy) is 1. The van der Waals surface area contributed by atoms with Gasteiger partial charge in [0, 0.05) is 6.54 Å². The van der Waals surface area contributed by atoms with Crippen molar-refractivity contribution in [3.05, 3.63) is 101 Å². The molecule has 1 heterocycles. The number of hydrogen-bond acceptors (Lipinski definition) is 3. The van der Waals surface area contributed by atoms with Gasteiger partial charge in [-0.05, 0) is 73.2 Å². The lowest BCUT2D eigenvalue weighted by atomic mass is 9.89. The molecule has 4 rings (SSSR count). The predicted octanol–water partition coefficient (Wildman–Crippen LogP) is 6.23. The number of aliphatic carboxylic acids is 1. The molecule has 180 valence electrons. The Balaban J connectivity index is 1.24. The zero-order chi connectivity index (χ0) is 24.5. The third kappa shape index (κ3) is 7.21. The molecule has 3 aromatic rings. The van der Waals surface area contributed by atoms with Crippen molar-refractivity contribution in [2.24, 2.45) is 0 Å². The maximum absolute atomic E-state index is 11.1. The van der Waals surface area contributed by atoms with Gasteiger partial charge >= 0.3 is 5.97 Å². The van der Waals surface area contributed by atoms with Gasteiger partial charge in [0.05, 0.1) is 12.3 Å². The zero-order valence-electron chi connectivity index (χ0n) is 20.3. The summed E-state index contributed by atoms with van der Waals surface area (Å²) in [5.74, 6) is 6.09. The third-order valence-corrected chi connectivity index (χ3v) is 6.67. The van der Waals surface area contributed by atoms with Gasteiger partial charge in [-0.25, -0.2) is 0 Å². The van der Waals surface area contributed by atoms with Crippen molar-refractivity contribution in [2.75, 3.05) is 13.1 Å². The highest BCUT2D eigenvalue weighted by Crippen LogP contribution is 2.28. The second-order valence-corrected chi connectivity index (χ2v) is 9.18. The maximum Gasteiger partial charge on any atom is 0.304 e. The van der Waals surface area contributed by atoms with E-state index in [2.05, 4.69) is 71.3 Å². The van der Waals surface area contributed by atoms with Crippen LogP contribution in [0.3, 0.4) is 0 Å². The molecule has 1 unspecified atom stereocenters. The molecule has 4 heteroatoms. The molecule has 4 nitrogen and oxygen atoms in total. The first kappa shape index (κ1) is 24.6. The summed E-state index contributed by atoms with van der Waals surface area (Å²) in [4.78, 5) is 13.6. The van der Waals surface area contributed by atoms with Gasteiger partial charge in [0.1, 0.15) is 12.4 Å². The Kier molecular flexibility index (Phi) is 8.59. The van der Waals surface area contributed by atoms with Crippen LogP contribution in [-0.4, -0.2) is 29.1 Å². The number of hydrogen-bond donors (Lipinski definition) is 1. The molecule has 1 N–H and O–H groups in total. The molecule has 35 heavy (non-hydrogen) atoms. The lowest BCUT2D eigenvalue weighted by molar-refractivity contribution is -0.137. The maximum atomic E-state index is 11.1. The smallest absolute Gasteiger partial charge is 0.304 e. The van der Waals surface area contributed by atoms with E-state index >= 15 is 0 Å². The van der Waals surface area contributed by atoms with E-state index in [4.69, 9.17) is 9.84 Å². The predicted molar refractivity (Wildman–Crippen MR) is 139 cm³/mol. The lowest BCUT2D eigenvalue weighted by Crippen LogP contribution is -2.32. The minimum atomic E-state index is -0.849. The summed E-state index contributed by atoms with van der Waals surface area (Å²) in [6.45, 7) is 5.48. The van der Waals surface area contributed by atoms with Crippen LogP contribution < -0.4 is 4.74 Å². The number of benzene rings is 3. The van der Waals surface area contributed by atoms with Crippen LogP contribution in [-0.2, 0) is 17.9 Å². The molecule has 0 amide bonds. The van der Waals surface area contributed by atoms with Crippen molar-refractivity contribution in [1.82, 2.24) is 4.90 Å². The fourth-order valence-corrected chi connectivity index (χ4v) is 4.71. The van der Waals surface area contributed by atoms with Gasteiger partial charge < -0.3 is 9.84 Å². The van der Waals surface area contributed by atoms with Gasteiger partial charge in [-0.15, -0.1) is 5.92 Å². The molecule has 0 radical (unpaired) electrons. The number of rotatable bonds is 9. The fraction of sp³-hybridized carbons (Fsp3) is 0.323. The minimum absolute atomic E-state index is 0.00156. The number of likely N-dealkylation sites (tertiary alicyclic amines) is 1. The fourth-order valence-electron chi connectivity index (χ4n) is 4.71. The first-order chi connectivity index (χ1) is 17.1. The normalized spacial score (nSPS) is 15.1. The Morgan fingerprint density at radius 1 is 0.971 bits per heavy atom. The first-order valence-corrected chi connectivity index (χ1v) is 12.3. The molecule has 3 aromatic carbocycles. The summed E-state index contributed by atoms with van der Waals surface area (Å²) >= 11 is 0. The summed E-state index contributed by atoms with van der Waals surface area (Å²) in [7, 11) is 0. The first-order valence-electron chi connectivity index (χ1n) is 12.3. The summed E-state index contributed by atoms with van der Waals surface area (Å²) < 4.78 is 5.95. The summed E-state index contributed by atoms with van der Waals surface area (Å²) in [5, 5.41) is 9.11. The molecule has 0 spiro atoms. The highest BCUT2D eigenvalue weighted by atomic mass is 16.5. The Morgan fingerprint density at radius 3 is 2.26 bits per heavy atom. The SMILES string of the molecule is CC#CC(CC(=O)O)c1ccc(OCc2ccc(CN3CCC(c4ccccc4)CC3)cc2)cc1. The van der Waals surface area contributed by atoms with Crippen LogP contribution in [0.5, 0.6) is 5.75 Å². The Morgan fingerprint density at radius 2 is 1.63 bits per heavy atom. The van der Waals surface area contributed by atoms with Crippen LogP contribution in [0.25, 0.3) is 0 Å². The number of nitrogens with zero attached hydrogens (tertiary/aromatic N) is 1.